The number of alkyl carbamates (subject to hydrolysis) is 1. The highest BCUT2D eigenvalue weighted by Crippen LogP contribution is 2.43. The van der Waals surface area contributed by atoms with Crippen molar-refractivity contribution in [3.63, 3.8) is 0 Å². The molecule has 0 radical (unpaired) electrons. The number of hydrogen-bond acceptors (Lipinski definition) is 7. The number of halogens is 1. The van der Waals surface area contributed by atoms with Crippen molar-refractivity contribution < 1.29 is 18.7 Å². The zero-order chi connectivity index (χ0) is 24.9. The summed E-state index contributed by atoms with van der Waals surface area (Å²) in [5.41, 5.74) is -1.56. The first-order chi connectivity index (χ1) is 15.9. The molecule has 34 heavy (non-hydrogen) atoms. The lowest BCUT2D eigenvalue weighted by molar-refractivity contribution is 0.0494. The lowest BCUT2D eigenvalue weighted by Crippen LogP contribution is -2.44. The maximum atomic E-state index is 15.4. The van der Waals surface area contributed by atoms with Crippen LogP contribution in [0.3, 0.4) is 0 Å². The molecule has 2 fully saturated rings. The summed E-state index contributed by atoms with van der Waals surface area (Å²) >= 11 is 0. The zero-order valence-corrected chi connectivity index (χ0v) is 20.2. The molecule has 0 spiro atoms. The molecule has 2 aliphatic rings. The molecule has 1 aliphatic carbocycles. The van der Waals surface area contributed by atoms with E-state index >= 15 is 4.39 Å². The number of nitrogen functional groups attached to an aromatic ring is 1. The smallest absolute Gasteiger partial charge is 0.407 e. The minimum Gasteiger partial charge on any atom is -0.492 e. The van der Waals surface area contributed by atoms with E-state index in [4.69, 9.17) is 15.3 Å². The number of nitrogens with one attached hydrogen (secondary N) is 1. The van der Waals surface area contributed by atoms with Gasteiger partial charge in [0.15, 0.2) is 11.6 Å². The van der Waals surface area contributed by atoms with E-state index in [1.54, 1.807) is 20.8 Å². The molecule has 1 aliphatic heterocycles. The van der Waals surface area contributed by atoms with E-state index in [0.29, 0.717) is 24.2 Å². The van der Waals surface area contributed by atoms with Crippen molar-refractivity contribution >= 4 is 22.7 Å². The molecule has 4 rings (SSSR count). The largest absolute Gasteiger partial charge is 0.492 e. The van der Waals surface area contributed by atoms with Gasteiger partial charge in [0.2, 0.25) is 0 Å². The van der Waals surface area contributed by atoms with Crippen LogP contribution in [0.2, 0.25) is 0 Å². The number of carbonyl (C=O) groups excluding carboxylic acids is 1. The molecule has 1 saturated heterocycles. The Bertz CT molecular complexity index is 1240. The summed E-state index contributed by atoms with van der Waals surface area (Å²) in [5, 5.41) is 2.86. The van der Waals surface area contributed by atoms with Gasteiger partial charge in [-0.1, -0.05) is 0 Å². The second-order valence-corrected chi connectivity index (χ2v) is 10.1. The van der Waals surface area contributed by atoms with Crippen molar-refractivity contribution in [3.8, 4) is 5.75 Å². The molecule has 1 aromatic carbocycles. The van der Waals surface area contributed by atoms with Crippen molar-refractivity contribution in [2.75, 3.05) is 30.9 Å². The fourth-order valence-electron chi connectivity index (χ4n) is 4.61. The summed E-state index contributed by atoms with van der Waals surface area (Å²) in [6.07, 6.45) is 1.74. The van der Waals surface area contributed by atoms with E-state index in [-0.39, 0.29) is 40.3 Å². The van der Waals surface area contributed by atoms with Crippen LogP contribution in [0, 0.1) is 11.7 Å². The maximum absolute atomic E-state index is 15.4. The van der Waals surface area contributed by atoms with E-state index in [0.717, 1.165) is 18.9 Å². The number of hydrogen-bond donors (Lipinski definition) is 2. The highest BCUT2D eigenvalue weighted by molar-refractivity contribution is 5.91. The van der Waals surface area contributed by atoms with Gasteiger partial charge in [-0.25, -0.2) is 14.0 Å². The Morgan fingerprint density at radius 2 is 1.94 bits per heavy atom. The molecule has 1 saturated carbocycles. The molecule has 186 valence electrons. The third-order valence-corrected chi connectivity index (χ3v) is 6.39. The fraction of sp³-hybridized carbons (Fsp3) is 0.609. The Balaban J connectivity index is 1.69. The Morgan fingerprint density at radius 3 is 2.53 bits per heavy atom. The van der Waals surface area contributed by atoms with Crippen molar-refractivity contribution in [2.45, 2.75) is 64.6 Å². The van der Waals surface area contributed by atoms with Crippen LogP contribution in [0.1, 0.15) is 53.0 Å². The number of nitrogens with zero attached hydrogens (tertiary/aromatic N) is 3. The van der Waals surface area contributed by atoms with Gasteiger partial charge in [-0.05, 0) is 58.9 Å². The van der Waals surface area contributed by atoms with Crippen molar-refractivity contribution in [2.24, 2.45) is 5.92 Å². The van der Waals surface area contributed by atoms with Gasteiger partial charge in [0.25, 0.3) is 5.56 Å². The van der Waals surface area contributed by atoms with Gasteiger partial charge in [0.05, 0.1) is 12.5 Å². The Morgan fingerprint density at radius 1 is 1.26 bits per heavy atom. The number of methoxy groups -OCH3 is 1. The van der Waals surface area contributed by atoms with Gasteiger partial charge >= 0.3 is 11.8 Å². The summed E-state index contributed by atoms with van der Waals surface area (Å²) < 4.78 is 28.3. The normalized spacial score (nSPS) is 19.4. The van der Waals surface area contributed by atoms with E-state index in [9.17, 15) is 14.4 Å². The second kappa shape index (κ2) is 8.52. The second-order valence-electron chi connectivity index (χ2n) is 10.1. The minimum atomic E-state index is -0.768. The van der Waals surface area contributed by atoms with Crippen LogP contribution >= 0.6 is 0 Å². The van der Waals surface area contributed by atoms with Gasteiger partial charge < -0.3 is 25.5 Å². The summed E-state index contributed by atoms with van der Waals surface area (Å²) in [7, 11) is 1.40. The fourth-order valence-corrected chi connectivity index (χ4v) is 4.61. The van der Waals surface area contributed by atoms with Crippen LogP contribution < -0.4 is 32.0 Å². The Kier molecular flexibility index (Phi) is 5.99. The zero-order valence-electron chi connectivity index (χ0n) is 20.2. The average Bonchev–Trinajstić information content (AvgIpc) is 3.45. The number of anilines is 1. The predicted octanol–water partition coefficient (Wildman–Crippen LogP) is 2.10. The highest BCUT2D eigenvalue weighted by Gasteiger charge is 2.35. The van der Waals surface area contributed by atoms with Gasteiger partial charge in [0.1, 0.15) is 16.8 Å². The van der Waals surface area contributed by atoms with Crippen LogP contribution in [-0.2, 0) is 4.74 Å². The molecule has 11 heteroatoms. The number of benzene rings is 1. The molecule has 10 nitrogen and oxygen atoms in total. The number of nitrogens with two attached hydrogens (primary N) is 1. The predicted molar refractivity (Wildman–Crippen MR) is 127 cm³/mol. The highest BCUT2D eigenvalue weighted by atomic mass is 19.1. The summed E-state index contributed by atoms with van der Waals surface area (Å²) in [5.74, 6) is 5.25. The Hall–Kier alpha value is -3.24. The topological polar surface area (TPSA) is 121 Å². The van der Waals surface area contributed by atoms with Gasteiger partial charge in [-0.15, -0.1) is 0 Å². The number of ether oxygens (including phenoxy) is 2. The molecule has 1 unspecified atom stereocenters. The summed E-state index contributed by atoms with van der Waals surface area (Å²) in [6, 6.07) is 0.817. The van der Waals surface area contributed by atoms with Crippen molar-refractivity contribution in [3.05, 3.63) is 32.7 Å². The van der Waals surface area contributed by atoms with E-state index < -0.39 is 28.8 Å². The van der Waals surface area contributed by atoms with Crippen LogP contribution in [0.4, 0.5) is 14.9 Å². The lowest BCUT2D eigenvalue weighted by atomic mass is 10.0. The molecular formula is C23H32FN5O5. The average molecular weight is 478 g/mol. The van der Waals surface area contributed by atoms with Crippen LogP contribution in [0.5, 0.6) is 5.75 Å². The number of rotatable bonds is 5. The number of carbonyl (C=O) groups is 1. The molecule has 1 amide bonds. The van der Waals surface area contributed by atoms with Crippen LogP contribution in [0.15, 0.2) is 15.7 Å². The molecule has 2 heterocycles. The van der Waals surface area contributed by atoms with Crippen molar-refractivity contribution in [1.29, 1.82) is 0 Å². The Labute approximate surface area is 196 Å². The van der Waals surface area contributed by atoms with Crippen molar-refractivity contribution in [1.82, 2.24) is 14.6 Å². The summed E-state index contributed by atoms with van der Waals surface area (Å²) in [4.78, 5) is 39.5. The summed E-state index contributed by atoms with van der Waals surface area (Å²) in [6.45, 7) is 8.25. The molecule has 3 N–H and O–H groups in total. The number of amides is 1. The SMILES string of the molecule is COc1c(N2CC[C@H](C(C)NC(=O)OC(C)(C)C)C2)c(F)cc2c(=O)n(N)c(=O)n(C3CC3)c12. The number of fused-ring (bicyclic) bond motifs is 1. The first kappa shape index (κ1) is 23.9. The van der Waals surface area contributed by atoms with Gasteiger partial charge in [-0.2, -0.15) is 4.68 Å². The number of aromatic nitrogens is 2. The van der Waals surface area contributed by atoms with Gasteiger partial charge in [0, 0.05) is 25.2 Å². The molecular weight excluding hydrogens is 445 g/mol. The first-order valence-corrected chi connectivity index (χ1v) is 11.5. The van der Waals surface area contributed by atoms with E-state index in [2.05, 4.69) is 5.32 Å². The van der Waals surface area contributed by atoms with E-state index in [1.807, 2.05) is 11.8 Å². The quantitative estimate of drug-likeness (QED) is 0.633. The maximum Gasteiger partial charge on any atom is 0.407 e. The molecule has 0 bridgehead atoms. The molecule has 1 aromatic heterocycles. The van der Waals surface area contributed by atoms with Gasteiger partial charge in [-0.3, -0.25) is 9.36 Å². The first-order valence-electron chi connectivity index (χ1n) is 11.5. The molecule has 2 aromatic rings. The third kappa shape index (κ3) is 4.30. The van der Waals surface area contributed by atoms with Crippen LogP contribution in [0.25, 0.3) is 10.9 Å². The monoisotopic (exact) mass is 477 g/mol. The lowest BCUT2D eigenvalue weighted by Gasteiger charge is -2.26. The van der Waals surface area contributed by atoms with Crippen LogP contribution in [-0.4, -0.2) is 47.2 Å². The molecule has 2 atom stereocenters. The minimum absolute atomic E-state index is 0.00260. The standard InChI is InChI=1S/C23H32FN5O5/c1-12(26-21(31)34-23(2,3)4)13-8-9-27(11-13)18-16(24)10-15-17(19(18)33-5)28(14-6-7-14)22(32)29(25)20(15)30/h10,12-14H,6-9,11,25H2,1-5H3,(H,26,31)/t12?,13-/m0/s1. The van der Waals surface area contributed by atoms with E-state index in [1.165, 1.54) is 11.7 Å². The third-order valence-electron chi connectivity index (χ3n) is 6.39.